The number of aromatic nitrogens is 1. The fourth-order valence-electron chi connectivity index (χ4n) is 7.14. The van der Waals surface area contributed by atoms with Crippen molar-refractivity contribution in [2.24, 2.45) is 5.92 Å². The van der Waals surface area contributed by atoms with E-state index in [1.807, 2.05) is 18.2 Å². The summed E-state index contributed by atoms with van der Waals surface area (Å²) in [5, 5.41) is 6.16. The number of carbonyl (C=O) groups excluding carboxylic acids is 3. The number of hydrogen-bond acceptors (Lipinski definition) is 10. The monoisotopic (exact) mass is 789 g/mol. The predicted molar refractivity (Wildman–Crippen MR) is 195 cm³/mol. The number of thiazole rings is 1. The average Bonchev–Trinajstić information content (AvgIpc) is 3.94. The number of anilines is 1. The quantitative estimate of drug-likeness (QED) is 0.249. The topological polar surface area (TPSA) is 156 Å². The maximum atomic E-state index is 14.5. The predicted octanol–water partition coefficient (Wildman–Crippen LogP) is 5.55. The number of alkyl halides is 3. The molecule has 2 aliphatic carbocycles. The summed E-state index contributed by atoms with van der Waals surface area (Å²) in [5.41, 5.74) is -1.66. The Balaban J connectivity index is 1.19. The van der Waals surface area contributed by atoms with Crippen LogP contribution in [-0.2, 0) is 30.6 Å². The molecule has 0 unspecified atom stereocenters. The summed E-state index contributed by atoms with van der Waals surface area (Å²) in [6.07, 6.45) is 2.38. The molecule has 12 nitrogen and oxygen atoms in total. The fraction of sp³-hybridized carbons (Fsp3) is 0.514. The molecule has 3 fully saturated rings. The molecule has 0 radical (unpaired) electrons. The molecule has 2 saturated carbocycles. The van der Waals surface area contributed by atoms with Gasteiger partial charge in [0.05, 0.1) is 34.2 Å². The van der Waals surface area contributed by atoms with Gasteiger partial charge in [0.1, 0.15) is 29.5 Å². The number of ether oxygens (including phenoxy) is 2. The third kappa shape index (κ3) is 7.74. The van der Waals surface area contributed by atoms with Crippen LogP contribution in [0.25, 0.3) is 10.2 Å². The van der Waals surface area contributed by atoms with E-state index in [1.165, 1.54) is 28.4 Å². The first-order chi connectivity index (χ1) is 25.6. The van der Waals surface area contributed by atoms with Crippen LogP contribution in [-0.4, -0.2) is 78.2 Å². The molecule has 4 aliphatic rings. The van der Waals surface area contributed by atoms with E-state index in [0.717, 1.165) is 23.3 Å². The Morgan fingerprint density at radius 3 is 2.65 bits per heavy atom. The molecular formula is C37H42F3N5O7S2. The number of halogens is 3. The number of benzene rings is 2. The van der Waals surface area contributed by atoms with Gasteiger partial charge in [0, 0.05) is 18.0 Å². The van der Waals surface area contributed by atoms with E-state index >= 15 is 0 Å². The number of fused-ring (bicyclic) bond motifs is 3. The Morgan fingerprint density at radius 1 is 1.11 bits per heavy atom. The molecule has 5 atom stereocenters. The summed E-state index contributed by atoms with van der Waals surface area (Å²) >= 11 is 1.26. The van der Waals surface area contributed by atoms with Gasteiger partial charge in [-0.15, -0.1) is 0 Å². The number of allylic oxidation sites excluding steroid dienone is 1. The number of hydrogen-bond donors (Lipinski definition) is 3. The third-order valence-electron chi connectivity index (χ3n) is 10.8. The SMILES string of the molecule is COc1ccc2nc(O[C@@H]3C[C@H]4C(=O)N[C@]5(C(=O)NS(=O)(=O)C6(C)CC6)C[C@H]5/C=C\CCCCC[C@H](Nc5cccc(C(F)(F)F)c5)C(=O)N4C3)sc2c1. The first-order valence-corrected chi connectivity index (χ1v) is 20.3. The number of nitrogens with zero attached hydrogens (tertiary/aromatic N) is 2. The van der Waals surface area contributed by atoms with Gasteiger partial charge < -0.3 is 25.0 Å². The lowest BCUT2D eigenvalue weighted by atomic mass is 10.0. The maximum absolute atomic E-state index is 14.5. The molecule has 3 amide bonds. The second-order valence-corrected chi connectivity index (χ2v) is 18.0. The molecule has 2 aliphatic heterocycles. The molecule has 0 spiro atoms. The molecule has 2 aromatic carbocycles. The smallest absolute Gasteiger partial charge is 0.416 e. The van der Waals surface area contributed by atoms with Crippen molar-refractivity contribution in [3.8, 4) is 10.9 Å². The van der Waals surface area contributed by atoms with Crippen LogP contribution >= 0.6 is 11.3 Å². The van der Waals surface area contributed by atoms with E-state index in [1.54, 1.807) is 26.2 Å². The molecule has 3 aromatic rings. The highest BCUT2D eigenvalue weighted by atomic mass is 32.2. The van der Waals surface area contributed by atoms with Crippen molar-refractivity contribution in [1.82, 2.24) is 19.9 Å². The number of sulfonamides is 1. The van der Waals surface area contributed by atoms with Crippen LogP contribution in [0.1, 0.15) is 70.3 Å². The summed E-state index contributed by atoms with van der Waals surface area (Å²) < 4.78 is 80.6. The second kappa shape index (κ2) is 14.4. The lowest BCUT2D eigenvalue weighted by molar-refractivity contribution is -0.140. The average molecular weight is 790 g/mol. The highest BCUT2D eigenvalue weighted by Gasteiger charge is 2.63. The number of methoxy groups -OCH3 is 1. The number of rotatable bonds is 8. The van der Waals surface area contributed by atoms with Gasteiger partial charge in [-0.1, -0.05) is 42.4 Å². The largest absolute Gasteiger partial charge is 0.497 e. The highest BCUT2D eigenvalue weighted by molar-refractivity contribution is 7.91. The minimum atomic E-state index is -4.59. The Labute approximate surface area is 314 Å². The summed E-state index contributed by atoms with van der Waals surface area (Å²) in [6.45, 7) is 1.51. The molecular weight excluding hydrogens is 748 g/mol. The molecule has 290 valence electrons. The Kier molecular flexibility index (Phi) is 10.1. The minimum Gasteiger partial charge on any atom is -0.497 e. The van der Waals surface area contributed by atoms with Crippen LogP contribution in [0.15, 0.2) is 54.6 Å². The maximum Gasteiger partial charge on any atom is 0.416 e. The van der Waals surface area contributed by atoms with Crippen molar-refractivity contribution in [2.45, 2.75) is 99.4 Å². The normalized spacial score (nSPS) is 27.8. The van der Waals surface area contributed by atoms with Crippen molar-refractivity contribution in [1.29, 1.82) is 0 Å². The zero-order valence-electron chi connectivity index (χ0n) is 29.8. The Bertz CT molecular complexity index is 2090. The van der Waals surface area contributed by atoms with Gasteiger partial charge in [0.2, 0.25) is 21.8 Å². The van der Waals surface area contributed by atoms with Gasteiger partial charge in [-0.3, -0.25) is 19.1 Å². The van der Waals surface area contributed by atoms with Gasteiger partial charge in [-0.05, 0) is 81.8 Å². The van der Waals surface area contributed by atoms with E-state index in [0.29, 0.717) is 48.6 Å². The highest BCUT2D eigenvalue weighted by Crippen LogP contribution is 2.47. The molecule has 3 heterocycles. The molecule has 1 aromatic heterocycles. The van der Waals surface area contributed by atoms with E-state index < -0.39 is 73.9 Å². The van der Waals surface area contributed by atoms with Gasteiger partial charge >= 0.3 is 6.18 Å². The third-order valence-corrected chi connectivity index (χ3v) is 13.9. The van der Waals surface area contributed by atoms with Crippen LogP contribution < -0.4 is 24.8 Å². The van der Waals surface area contributed by atoms with Crippen molar-refractivity contribution in [2.75, 3.05) is 19.0 Å². The van der Waals surface area contributed by atoms with Crippen molar-refractivity contribution in [3.63, 3.8) is 0 Å². The fourth-order valence-corrected chi connectivity index (χ4v) is 9.36. The second-order valence-electron chi connectivity index (χ2n) is 14.8. The van der Waals surface area contributed by atoms with E-state index in [-0.39, 0.29) is 31.5 Å². The van der Waals surface area contributed by atoms with Gasteiger partial charge in [0.25, 0.3) is 11.1 Å². The number of nitrogens with one attached hydrogen (secondary N) is 3. The van der Waals surface area contributed by atoms with Crippen molar-refractivity contribution in [3.05, 3.63) is 60.2 Å². The van der Waals surface area contributed by atoms with Crippen LogP contribution in [0.5, 0.6) is 10.9 Å². The van der Waals surface area contributed by atoms with Gasteiger partial charge in [-0.2, -0.15) is 13.2 Å². The van der Waals surface area contributed by atoms with Crippen molar-refractivity contribution < 1.29 is 45.4 Å². The van der Waals surface area contributed by atoms with E-state index in [9.17, 15) is 36.0 Å². The number of carbonyl (C=O) groups is 3. The lowest BCUT2D eigenvalue weighted by Gasteiger charge is -2.30. The molecule has 0 bridgehead atoms. The molecule has 3 N–H and O–H groups in total. The Hall–Kier alpha value is -4.38. The van der Waals surface area contributed by atoms with Crippen LogP contribution in [0.4, 0.5) is 18.9 Å². The molecule has 1 saturated heterocycles. The lowest BCUT2D eigenvalue weighted by Crippen LogP contribution is -2.58. The molecule has 54 heavy (non-hydrogen) atoms. The Morgan fingerprint density at radius 2 is 1.91 bits per heavy atom. The zero-order chi connectivity index (χ0) is 38.5. The standard InChI is InChI=1S/C37H42F3N5O7S2/c1-35(15-16-35)54(49,50)44-33(48)36-20-23(36)9-6-4-3-5-7-12-28(41-24-11-8-10-22(17-24)37(38,39)40)32(47)45-21-26(18-29(45)31(46)43-36)52-34-42-27-14-13-25(51-2)19-30(27)53-34/h6,8-11,13-14,17,19,23,26,28-29,41H,3-5,7,12,15-16,18,20-21H2,1-2H3,(H,43,46)(H,44,48)/b9-6-/t23-,26-,28+,29+,36-/m1/s1. The van der Waals surface area contributed by atoms with E-state index in [2.05, 4.69) is 20.3 Å². The van der Waals surface area contributed by atoms with Gasteiger partial charge in [-0.25, -0.2) is 13.4 Å². The van der Waals surface area contributed by atoms with Crippen molar-refractivity contribution >= 4 is 55.0 Å². The first kappa shape index (κ1) is 37.9. The first-order valence-electron chi connectivity index (χ1n) is 18.0. The van der Waals surface area contributed by atoms with Gasteiger partial charge in [0.15, 0.2) is 0 Å². The van der Waals surface area contributed by atoms with Crippen LogP contribution in [0.2, 0.25) is 0 Å². The summed E-state index contributed by atoms with van der Waals surface area (Å²) in [6, 6.07) is 7.83. The summed E-state index contributed by atoms with van der Waals surface area (Å²) in [5.74, 6) is -1.86. The zero-order valence-corrected chi connectivity index (χ0v) is 31.4. The van der Waals surface area contributed by atoms with E-state index in [4.69, 9.17) is 9.47 Å². The minimum absolute atomic E-state index is 0.0155. The number of amides is 3. The molecule has 17 heteroatoms. The van der Waals surface area contributed by atoms with Crippen LogP contribution in [0.3, 0.4) is 0 Å². The van der Waals surface area contributed by atoms with Crippen LogP contribution in [0, 0.1) is 5.92 Å². The molecule has 7 rings (SSSR count). The summed E-state index contributed by atoms with van der Waals surface area (Å²) in [4.78, 5) is 48.6. The summed E-state index contributed by atoms with van der Waals surface area (Å²) in [7, 11) is -2.46.